The van der Waals surface area contributed by atoms with Crippen molar-refractivity contribution in [2.24, 2.45) is 0 Å². The van der Waals surface area contributed by atoms with Crippen LogP contribution in [0, 0.1) is 0 Å². The van der Waals surface area contributed by atoms with Gasteiger partial charge in [0.15, 0.2) is 0 Å². The van der Waals surface area contributed by atoms with Crippen LogP contribution in [0.25, 0.3) is 0 Å². The second-order valence-corrected chi connectivity index (χ2v) is 9.79. The third kappa shape index (κ3) is 4.69. The van der Waals surface area contributed by atoms with Gasteiger partial charge in [0, 0.05) is 42.9 Å². The van der Waals surface area contributed by atoms with Crippen LogP contribution < -0.4 is 14.9 Å². The second kappa shape index (κ2) is 8.41. The van der Waals surface area contributed by atoms with Crippen molar-refractivity contribution in [3.05, 3.63) is 64.2 Å². The Kier molecular flexibility index (Phi) is 5.92. The zero-order valence-electron chi connectivity index (χ0n) is 15.8. The molecule has 0 saturated carbocycles. The van der Waals surface area contributed by atoms with E-state index in [0.717, 1.165) is 45.4 Å². The van der Waals surface area contributed by atoms with Crippen LogP contribution >= 0.6 is 11.6 Å². The van der Waals surface area contributed by atoms with Gasteiger partial charge >= 0.3 is 0 Å². The summed E-state index contributed by atoms with van der Waals surface area (Å²) in [6, 6.07) is 13.4. The minimum atomic E-state index is -3.42. The predicted molar refractivity (Wildman–Crippen MR) is 115 cm³/mol. The van der Waals surface area contributed by atoms with Crippen LogP contribution in [0.2, 0.25) is 5.02 Å². The van der Waals surface area contributed by atoms with Gasteiger partial charge in [-0.25, -0.2) is 13.1 Å². The molecule has 1 saturated heterocycles. The Morgan fingerprint density at radius 3 is 2.71 bits per heavy atom. The van der Waals surface area contributed by atoms with Gasteiger partial charge in [0.2, 0.25) is 10.0 Å². The summed E-state index contributed by atoms with van der Waals surface area (Å²) in [6.45, 7) is 3.95. The van der Waals surface area contributed by atoms with Gasteiger partial charge in [0.25, 0.3) is 0 Å². The Hall–Kier alpha value is -1.60. The van der Waals surface area contributed by atoms with Gasteiger partial charge < -0.3 is 10.2 Å². The van der Waals surface area contributed by atoms with Gasteiger partial charge in [-0.2, -0.15) is 0 Å². The van der Waals surface area contributed by atoms with Crippen LogP contribution in [0.3, 0.4) is 0 Å². The van der Waals surface area contributed by atoms with Crippen LogP contribution in [0.15, 0.2) is 42.5 Å². The lowest BCUT2D eigenvalue weighted by atomic mass is 9.87. The first-order valence-corrected chi connectivity index (χ1v) is 11.8. The van der Waals surface area contributed by atoms with Crippen molar-refractivity contribution >= 4 is 27.3 Å². The molecule has 4 rings (SSSR count). The van der Waals surface area contributed by atoms with Gasteiger partial charge in [-0.15, -0.1) is 0 Å². The number of sulfonamides is 1. The standard InChI is InChI=1S/C21H26ClN3O2S/c22-18-5-1-3-16(13-18)15-28(26,27)24-19-8-7-17-4-2-6-21(20(17)14-19)25-11-9-23-10-12-25/h1-6,13,19,23-24H,7-12,14-15H2/t19-/m1/s1. The summed E-state index contributed by atoms with van der Waals surface area (Å²) in [6.07, 6.45) is 2.47. The first-order chi connectivity index (χ1) is 13.5. The second-order valence-electron chi connectivity index (χ2n) is 7.60. The van der Waals surface area contributed by atoms with E-state index in [9.17, 15) is 8.42 Å². The van der Waals surface area contributed by atoms with E-state index >= 15 is 0 Å². The number of anilines is 1. The average molecular weight is 420 g/mol. The molecule has 0 unspecified atom stereocenters. The number of hydrogen-bond donors (Lipinski definition) is 2. The summed E-state index contributed by atoms with van der Waals surface area (Å²) in [5.74, 6) is -0.0453. The highest BCUT2D eigenvalue weighted by Gasteiger charge is 2.26. The maximum absolute atomic E-state index is 12.7. The van der Waals surface area contributed by atoms with Gasteiger partial charge in [0.1, 0.15) is 0 Å². The highest BCUT2D eigenvalue weighted by Crippen LogP contribution is 2.31. The van der Waals surface area contributed by atoms with Crippen molar-refractivity contribution < 1.29 is 8.42 Å². The molecule has 0 spiro atoms. The maximum Gasteiger partial charge on any atom is 0.216 e. The van der Waals surface area contributed by atoms with E-state index in [0.29, 0.717) is 10.6 Å². The summed E-state index contributed by atoms with van der Waals surface area (Å²) < 4.78 is 28.3. The molecular weight excluding hydrogens is 394 g/mol. The third-order valence-corrected chi connectivity index (χ3v) is 7.15. The summed E-state index contributed by atoms with van der Waals surface area (Å²) in [7, 11) is -3.42. The Morgan fingerprint density at radius 1 is 1.14 bits per heavy atom. The minimum absolute atomic E-state index is 0.0453. The Labute approximate surface area is 172 Å². The SMILES string of the molecule is O=S(=O)(Cc1cccc(Cl)c1)N[C@@H]1CCc2cccc(N3CCNCC3)c2C1. The fourth-order valence-electron chi connectivity index (χ4n) is 4.21. The first kappa shape index (κ1) is 19.7. The van der Waals surface area contributed by atoms with E-state index in [1.54, 1.807) is 24.3 Å². The van der Waals surface area contributed by atoms with Crippen LogP contribution in [-0.4, -0.2) is 40.6 Å². The van der Waals surface area contributed by atoms with Crippen LogP contribution in [0.1, 0.15) is 23.1 Å². The number of nitrogens with one attached hydrogen (secondary N) is 2. The number of rotatable bonds is 5. The Morgan fingerprint density at radius 2 is 1.93 bits per heavy atom. The lowest BCUT2D eigenvalue weighted by molar-refractivity contribution is 0.505. The number of piperazine rings is 1. The Bertz CT molecular complexity index is 942. The molecule has 1 atom stereocenters. The monoisotopic (exact) mass is 419 g/mol. The van der Waals surface area contributed by atoms with E-state index in [1.165, 1.54) is 16.8 Å². The summed E-state index contributed by atoms with van der Waals surface area (Å²) in [4.78, 5) is 2.41. The van der Waals surface area contributed by atoms with Crippen LogP contribution in [0.5, 0.6) is 0 Å². The fraction of sp³-hybridized carbons (Fsp3) is 0.429. The molecule has 2 N–H and O–H groups in total. The number of halogens is 1. The van der Waals surface area contributed by atoms with Crippen molar-refractivity contribution in [1.29, 1.82) is 0 Å². The third-order valence-electron chi connectivity index (χ3n) is 5.51. The number of fused-ring (bicyclic) bond motifs is 1. The van der Waals surface area contributed by atoms with Crippen molar-refractivity contribution in [3.63, 3.8) is 0 Å². The number of nitrogens with zero attached hydrogens (tertiary/aromatic N) is 1. The van der Waals surface area contributed by atoms with E-state index in [2.05, 4.69) is 33.1 Å². The molecule has 150 valence electrons. The molecule has 2 aromatic rings. The minimum Gasteiger partial charge on any atom is -0.369 e. The van der Waals surface area contributed by atoms with E-state index in [1.807, 2.05) is 0 Å². The average Bonchev–Trinajstić information content (AvgIpc) is 2.67. The molecule has 1 heterocycles. The molecule has 0 amide bonds. The van der Waals surface area contributed by atoms with Gasteiger partial charge in [0.05, 0.1) is 5.75 Å². The van der Waals surface area contributed by atoms with Gasteiger partial charge in [-0.1, -0.05) is 35.9 Å². The highest BCUT2D eigenvalue weighted by atomic mass is 35.5. The van der Waals surface area contributed by atoms with Gasteiger partial charge in [-0.3, -0.25) is 0 Å². The number of hydrogen-bond acceptors (Lipinski definition) is 4. The molecule has 1 aliphatic heterocycles. The van der Waals surface area contributed by atoms with Crippen molar-refractivity contribution in [2.75, 3.05) is 31.1 Å². The molecule has 5 nitrogen and oxygen atoms in total. The molecule has 0 radical (unpaired) electrons. The molecule has 2 aromatic carbocycles. The normalized spacial score (nSPS) is 20.0. The Balaban J connectivity index is 1.49. The number of aryl methyl sites for hydroxylation is 1. The van der Waals surface area contributed by atoms with Crippen LogP contribution in [0.4, 0.5) is 5.69 Å². The molecule has 0 aromatic heterocycles. The largest absolute Gasteiger partial charge is 0.369 e. The first-order valence-electron chi connectivity index (χ1n) is 9.81. The predicted octanol–water partition coefficient (Wildman–Crippen LogP) is 2.73. The fourth-order valence-corrected chi connectivity index (χ4v) is 5.84. The zero-order valence-corrected chi connectivity index (χ0v) is 17.4. The molecule has 1 aliphatic carbocycles. The van der Waals surface area contributed by atoms with Crippen molar-refractivity contribution in [3.8, 4) is 0 Å². The maximum atomic E-state index is 12.7. The van der Waals surface area contributed by atoms with E-state index in [-0.39, 0.29) is 11.8 Å². The zero-order chi connectivity index (χ0) is 19.6. The summed E-state index contributed by atoms with van der Waals surface area (Å²) in [5, 5.41) is 3.94. The van der Waals surface area contributed by atoms with Gasteiger partial charge in [-0.05, 0) is 54.2 Å². The van der Waals surface area contributed by atoms with E-state index in [4.69, 9.17) is 11.6 Å². The molecular formula is C21H26ClN3O2S. The topological polar surface area (TPSA) is 61.4 Å². The molecule has 7 heteroatoms. The summed E-state index contributed by atoms with van der Waals surface area (Å²) in [5.41, 5.74) is 4.61. The van der Waals surface area contributed by atoms with Crippen molar-refractivity contribution in [2.45, 2.75) is 31.1 Å². The lowest BCUT2D eigenvalue weighted by Crippen LogP contribution is -2.45. The van der Waals surface area contributed by atoms with Crippen molar-refractivity contribution in [1.82, 2.24) is 10.0 Å². The highest BCUT2D eigenvalue weighted by molar-refractivity contribution is 7.88. The smallest absolute Gasteiger partial charge is 0.216 e. The molecule has 0 bridgehead atoms. The molecule has 1 fully saturated rings. The number of benzene rings is 2. The summed E-state index contributed by atoms with van der Waals surface area (Å²) >= 11 is 5.99. The lowest BCUT2D eigenvalue weighted by Gasteiger charge is -2.34. The quantitative estimate of drug-likeness (QED) is 0.782. The molecule has 28 heavy (non-hydrogen) atoms. The molecule has 2 aliphatic rings. The van der Waals surface area contributed by atoms with E-state index < -0.39 is 10.0 Å². The van der Waals surface area contributed by atoms with Crippen LogP contribution in [-0.2, 0) is 28.6 Å².